The van der Waals surface area contributed by atoms with Crippen LogP contribution in [0.5, 0.6) is 0 Å². The summed E-state index contributed by atoms with van der Waals surface area (Å²) in [7, 11) is 5.28. The second-order valence-electron chi connectivity index (χ2n) is 3.85. The summed E-state index contributed by atoms with van der Waals surface area (Å²) in [6.07, 6.45) is 3.58. The summed E-state index contributed by atoms with van der Waals surface area (Å²) in [6, 6.07) is -0.429. The highest BCUT2D eigenvalue weighted by Gasteiger charge is 2.23. The molecule has 1 aromatic rings. The van der Waals surface area contributed by atoms with Gasteiger partial charge in [0.2, 0.25) is 0 Å². The molecule has 3 N–H and O–H groups in total. The molecule has 0 aliphatic heterocycles. The zero-order chi connectivity index (χ0) is 12.8. The van der Waals surface area contributed by atoms with E-state index in [2.05, 4.69) is 10.4 Å². The average Bonchev–Trinajstić information content (AvgIpc) is 2.71. The highest BCUT2D eigenvalue weighted by Crippen LogP contribution is 2.04. The molecule has 0 radical (unpaired) electrons. The molecule has 0 aliphatic carbocycles. The molecule has 0 bridgehead atoms. The quantitative estimate of drug-likeness (QED) is 0.373. The number of aryl methyl sites for hydroxylation is 1. The van der Waals surface area contributed by atoms with Crippen molar-refractivity contribution in [3.63, 3.8) is 0 Å². The second-order valence-corrected chi connectivity index (χ2v) is 3.85. The van der Waals surface area contributed by atoms with Gasteiger partial charge in [-0.15, -0.1) is 0 Å². The highest BCUT2D eigenvalue weighted by molar-refractivity contribution is 5.81. The van der Waals surface area contributed by atoms with E-state index in [0.717, 1.165) is 5.82 Å². The minimum Gasteiger partial charge on any atom is -0.383 e. The second kappa shape index (κ2) is 6.33. The van der Waals surface area contributed by atoms with Crippen molar-refractivity contribution in [1.29, 1.82) is 0 Å². The van der Waals surface area contributed by atoms with Crippen molar-refractivity contribution in [2.75, 3.05) is 20.8 Å². The number of imidazole rings is 1. The molecule has 0 aromatic carbocycles. The molecule has 0 fully saturated rings. The Labute approximate surface area is 101 Å². The SMILES string of the molecule is COCC(C(=O)NN)N(C)Cc1nccn1C. The van der Waals surface area contributed by atoms with Gasteiger partial charge in [0.15, 0.2) is 0 Å². The van der Waals surface area contributed by atoms with E-state index in [1.54, 1.807) is 13.3 Å². The Bertz CT molecular complexity index is 365. The van der Waals surface area contributed by atoms with Crippen LogP contribution >= 0.6 is 0 Å². The summed E-state index contributed by atoms with van der Waals surface area (Å²) in [4.78, 5) is 17.6. The molecule has 0 saturated heterocycles. The number of hydrogen-bond acceptors (Lipinski definition) is 5. The van der Waals surface area contributed by atoms with Crippen molar-refractivity contribution < 1.29 is 9.53 Å². The summed E-state index contributed by atoms with van der Waals surface area (Å²) in [5, 5.41) is 0. The minimum absolute atomic E-state index is 0.274. The fourth-order valence-electron chi connectivity index (χ4n) is 1.54. The summed E-state index contributed by atoms with van der Waals surface area (Å²) < 4.78 is 6.92. The number of methoxy groups -OCH3 is 1. The largest absolute Gasteiger partial charge is 0.383 e. The number of amides is 1. The number of aromatic nitrogens is 2. The normalized spacial score (nSPS) is 12.8. The third kappa shape index (κ3) is 3.52. The van der Waals surface area contributed by atoms with Crippen LogP contribution < -0.4 is 11.3 Å². The van der Waals surface area contributed by atoms with Crippen molar-refractivity contribution in [2.45, 2.75) is 12.6 Å². The number of nitrogens with two attached hydrogens (primary N) is 1. The van der Waals surface area contributed by atoms with Crippen molar-refractivity contribution in [1.82, 2.24) is 19.9 Å². The number of hydrazine groups is 1. The first-order chi connectivity index (χ1) is 8.10. The lowest BCUT2D eigenvalue weighted by molar-refractivity contribution is -0.128. The molecule has 1 atom stereocenters. The van der Waals surface area contributed by atoms with Gasteiger partial charge in [0.1, 0.15) is 11.9 Å². The number of hydrogen-bond donors (Lipinski definition) is 2. The van der Waals surface area contributed by atoms with Crippen LogP contribution in [-0.2, 0) is 23.1 Å². The molecule has 96 valence electrons. The van der Waals surface area contributed by atoms with Crippen molar-refractivity contribution in [3.05, 3.63) is 18.2 Å². The monoisotopic (exact) mass is 241 g/mol. The zero-order valence-electron chi connectivity index (χ0n) is 10.4. The minimum atomic E-state index is -0.429. The Morgan fingerprint density at radius 2 is 2.47 bits per heavy atom. The summed E-state index contributed by atoms with van der Waals surface area (Å²) in [5.74, 6) is 5.74. The molecule has 7 heteroatoms. The van der Waals surface area contributed by atoms with Crippen LogP contribution in [0.2, 0.25) is 0 Å². The van der Waals surface area contributed by atoms with Gasteiger partial charge in [-0.25, -0.2) is 10.8 Å². The van der Waals surface area contributed by atoms with Crippen molar-refractivity contribution in [2.24, 2.45) is 12.9 Å². The average molecular weight is 241 g/mol. The molecule has 0 saturated carbocycles. The van der Waals surface area contributed by atoms with E-state index in [4.69, 9.17) is 10.6 Å². The van der Waals surface area contributed by atoms with Crippen molar-refractivity contribution in [3.8, 4) is 0 Å². The fraction of sp³-hybridized carbons (Fsp3) is 0.600. The van der Waals surface area contributed by atoms with E-state index in [0.29, 0.717) is 6.54 Å². The molecule has 1 unspecified atom stereocenters. The van der Waals surface area contributed by atoms with Gasteiger partial charge >= 0.3 is 0 Å². The van der Waals surface area contributed by atoms with Gasteiger partial charge in [0.25, 0.3) is 5.91 Å². The molecule has 1 aromatic heterocycles. The molecule has 1 heterocycles. The summed E-state index contributed by atoms with van der Waals surface area (Å²) in [6.45, 7) is 0.828. The predicted molar refractivity (Wildman–Crippen MR) is 62.7 cm³/mol. The van der Waals surface area contributed by atoms with Gasteiger partial charge in [-0.1, -0.05) is 0 Å². The number of ether oxygens (including phenoxy) is 1. The summed E-state index contributed by atoms with van der Waals surface area (Å²) >= 11 is 0. The topological polar surface area (TPSA) is 85.4 Å². The Balaban J connectivity index is 2.68. The van der Waals surface area contributed by atoms with Crippen LogP contribution in [0.1, 0.15) is 5.82 Å². The van der Waals surface area contributed by atoms with Gasteiger partial charge in [0, 0.05) is 26.6 Å². The number of likely N-dealkylation sites (N-methyl/N-ethyl adjacent to an activating group) is 1. The van der Waals surface area contributed by atoms with E-state index in [1.807, 2.05) is 29.8 Å². The van der Waals surface area contributed by atoms with Gasteiger partial charge in [-0.3, -0.25) is 15.1 Å². The maximum absolute atomic E-state index is 11.6. The van der Waals surface area contributed by atoms with E-state index >= 15 is 0 Å². The Morgan fingerprint density at radius 1 is 1.76 bits per heavy atom. The smallest absolute Gasteiger partial charge is 0.253 e. The molecule has 0 spiro atoms. The number of carbonyl (C=O) groups is 1. The fourth-order valence-corrected chi connectivity index (χ4v) is 1.54. The van der Waals surface area contributed by atoms with E-state index in [1.165, 1.54) is 0 Å². The lowest BCUT2D eigenvalue weighted by atomic mass is 10.2. The van der Waals surface area contributed by atoms with Crippen LogP contribution in [0.4, 0.5) is 0 Å². The van der Waals surface area contributed by atoms with E-state index in [9.17, 15) is 4.79 Å². The van der Waals surface area contributed by atoms with Crippen LogP contribution in [-0.4, -0.2) is 47.2 Å². The molecular formula is C10H19N5O2. The lowest BCUT2D eigenvalue weighted by Crippen LogP contribution is -2.49. The Kier molecular flexibility index (Phi) is 5.08. The first kappa shape index (κ1) is 13.6. The molecule has 7 nitrogen and oxygen atoms in total. The van der Waals surface area contributed by atoms with Gasteiger partial charge in [-0.2, -0.15) is 0 Å². The van der Waals surface area contributed by atoms with Crippen LogP contribution in [0.3, 0.4) is 0 Å². The number of rotatable bonds is 6. The maximum atomic E-state index is 11.6. The third-order valence-corrected chi connectivity index (χ3v) is 2.61. The lowest BCUT2D eigenvalue weighted by Gasteiger charge is -2.25. The van der Waals surface area contributed by atoms with E-state index in [-0.39, 0.29) is 12.5 Å². The molecule has 17 heavy (non-hydrogen) atoms. The zero-order valence-corrected chi connectivity index (χ0v) is 10.4. The van der Waals surface area contributed by atoms with Crippen LogP contribution in [0, 0.1) is 0 Å². The standard InChI is InChI=1S/C10H19N5O2/c1-14-5-4-12-9(14)6-15(2)8(7-17-3)10(16)13-11/h4-5,8H,6-7,11H2,1-3H3,(H,13,16). The molecule has 1 rings (SSSR count). The Hall–Kier alpha value is -1.44. The Morgan fingerprint density at radius 3 is 2.94 bits per heavy atom. The third-order valence-electron chi connectivity index (χ3n) is 2.61. The van der Waals surface area contributed by atoms with Gasteiger partial charge in [-0.05, 0) is 7.05 Å². The van der Waals surface area contributed by atoms with E-state index < -0.39 is 6.04 Å². The van der Waals surface area contributed by atoms with Gasteiger partial charge < -0.3 is 9.30 Å². The predicted octanol–water partition coefficient (Wildman–Crippen LogP) is -1.14. The summed E-state index contributed by atoms with van der Waals surface area (Å²) in [5.41, 5.74) is 2.14. The first-order valence-electron chi connectivity index (χ1n) is 5.26. The first-order valence-corrected chi connectivity index (χ1v) is 5.26. The number of carbonyl (C=O) groups excluding carboxylic acids is 1. The van der Waals surface area contributed by atoms with Gasteiger partial charge in [0.05, 0.1) is 13.2 Å². The van der Waals surface area contributed by atoms with Crippen LogP contribution in [0.25, 0.3) is 0 Å². The molecular weight excluding hydrogens is 222 g/mol. The highest BCUT2D eigenvalue weighted by atomic mass is 16.5. The number of nitrogens with one attached hydrogen (secondary N) is 1. The molecule has 0 aliphatic rings. The number of nitrogens with zero attached hydrogens (tertiary/aromatic N) is 3. The molecule has 1 amide bonds. The van der Waals surface area contributed by atoms with Crippen molar-refractivity contribution >= 4 is 5.91 Å². The maximum Gasteiger partial charge on any atom is 0.253 e. The van der Waals surface area contributed by atoms with Crippen LogP contribution in [0.15, 0.2) is 12.4 Å².